The number of likely N-dealkylation sites (N-methyl/N-ethyl adjacent to an activating group) is 1. The Morgan fingerprint density at radius 1 is 1.43 bits per heavy atom. The minimum atomic E-state index is -0.368. The molecule has 1 atom stereocenters. The van der Waals surface area contributed by atoms with Crippen molar-refractivity contribution >= 4 is 23.2 Å². The highest BCUT2D eigenvalue weighted by Crippen LogP contribution is 2.22. The third kappa shape index (κ3) is 2.72. The zero-order chi connectivity index (χ0) is 16.7. The van der Waals surface area contributed by atoms with Gasteiger partial charge in [0.05, 0.1) is 29.5 Å². The number of aromatic nitrogens is 4. The lowest BCUT2D eigenvalue weighted by Crippen LogP contribution is -2.39. The number of rotatable bonds is 3. The van der Waals surface area contributed by atoms with Crippen molar-refractivity contribution in [3.8, 4) is 0 Å². The van der Waals surface area contributed by atoms with Gasteiger partial charge >= 0.3 is 0 Å². The minimum absolute atomic E-state index is 0.00810. The van der Waals surface area contributed by atoms with Crippen molar-refractivity contribution in [3.63, 3.8) is 0 Å². The number of amides is 2. The van der Waals surface area contributed by atoms with Crippen molar-refractivity contribution in [1.29, 1.82) is 0 Å². The van der Waals surface area contributed by atoms with Crippen LogP contribution in [0.2, 0.25) is 0 Å². The first kappa shape index (κ1) is 15.6. The van der Waals surface area contributed by atoms with Gasteiger partial charge in [-0.3, -0.25) is 9.59 Å². The Kier molecular flexibility index (Phi) is 3.88. The van der Waals surface area contributed by atoms with Crippen LogP contribution in [0.4, 0.5) is 0 Å². The topological polar surface area (TPSA) is 93.0 Å². The van der Waals surface area contributed by atoms with Gasteiger partial charge in [-0.2, -0.15) is 0 Å². The van der Waals surface area contributed by atoms with Crippen LogP contribution in [0.25, 0.3) is 0 Å². The van der Waals surface area contributed by atoms with E-state index in [4.69, 9.17) is 0 Å². The Morgan fingerprint density at radius 2 is 2.17 bits per heavy atom. The maximum absolute atomic E-state index is 12.3. The number of thiazole rings is 1. The molecule has 0 saturated carbocycles. The molecule has 2 aromatic heterocycles. The fourth-order valence-electron chi connectivity index (χ4n) is 2.67. The second kappa shape index (κ2) is 5.73. The minimum Gasteiger partial charge on any atom is -0.345 e. The summed E-state index contributed by atoms with van der Waals surface area (Å²) in [7, 11) is 1.75. The predicted molar refractivity (Wildman–Crippen MR) is 84.0 cm³/mol. The van der Waals surface area contributed by atoms with Crippen LogP contribution < -0.4 is 5.32 Å². The van der Waals surface area contributed by atoms with Crippen molar-refractivity contribution in [1.82, 2.24) is 30.2 Å². The summed E-state index contributed by atoms with van der Waals surface area (Å²) >= 11 is 1.37. The van der Waals surface area contributed by atoms with Crippen LogP contribution in [0.5, 0.6) is 0 Å². The highest BCUT2D eigenvalue weighted by molar-refractivity contribution is 7.13. The molecule has 0 aromatic carbocycles. The first-order valence-electron chi connectivity index (χ1n) is 7.28. The SMILES string of the molecule is Cc1nc(C)c(C(=O)NCc2nnn3c2CN(C)C(=O)C3C)s1. The number of hydrogen-bond donors (Lipinski definition) is 1. The van der Waals surface area contributed by atoms with Crippen LogP contribution in [-0.2, 0) is 17.9 Å². The largest absolute Gasteiger partial charge is 0.345 e. The molecule has 0 fully saturated rings. The molecule has 8 nitrogen and oxygen atoms in total. The van der Waals surface area contributed by atoms with Gasteiger partial charge in [-0.05, 0) is 20.8 Å². The van der Waals surface area contributed by atoms with Gasteiger partial charge in [0.15, 0.2) is 0 Å². The monoisotopic (exact) mass is 334 g/mol. The highest BCUT2D eigenvalue weighted by atomic mass is 32.1. The van der Waals surface area contributed by atoms with Crippen LogP contribution in [0.1, 0.15) is 44.7 Å². The molecule has 0 bridgehead atoms. The highest BCUT2D eigenvalue weighted by Gasteiger charge is 2.31. The van der Waals surface area contributed by atoms with Crippen molar-refractivity contribution in [2.45, 2.75) is 39.9 Å². The third-order valence-electron chi connectivity index (χ3n) is 3.89. The first-order chi connectivity index (χ1) is 10.9. The third-order valence-corrected chi connectivity index (χ3v) is 4.96. The lowest BCUT2D eigenvalue weighted by molar-refractivity contribution is -0.135. The van der Waals surface area contributed by atoms with Crippen LogP contribution in [0, 0.1) is 13.8 Å². The smallest absolute Gasteiger partial charge is 0.263 e. The molecule has 0 spiro atoms. The molecule has 1 unspecified atom stereocenters. The lowest BCUT2D eigenvalue weighted by Gasteiger charge is -2.28. The second-order valence-electron chi connectivity index (χ2n) is 5.63. The maximum Gasteiger partial charge on any atom is 0.263 e. The number of carbonyl (C=O) groups is 2. The normalized spacial score (nSPS) is 17.3. The number of nitrogens with one attached hydrogen (secondary N) is 1. The molecule has 1 aliphatic heterocycles. The van der Waals surface area contributed by atoms with Gasteiger partial charge in [-0.15, -0.1) is 16.4 Å². The Morgan fingerprint density at radius 3 is 2.83 bits per heavy atom. The Balaban J connectivity index is 1.75. The quantitative estimate of drug-likeness (QED) is 0.897. The molecule has 2 amide bonds. The molecule has 0 aliphatic carbocycles. The van der Waals surface area contributed by atoms with E-state index in [0.29, 0.717) is 17.1 Å². The standard InChI is InChI=1S/C14H18N6O2S/c1-7-12(23-9(3)16-7)13(21)15-5-10-11-6-19(4)14(22)8(2)20(11)18-17-10/h8H,5-6H2,1-4H3,(H,15,21). The van der Waals surface area contributed by atoms with Crippen molar-refractivity contribution in [2.24, 2.45) is 0 Å². The Hall–Kier alpha value is -2.29. The van der Waals surface area contributed by atoms with Crippen LogP contribution in [0.3, 0.4) is 0 Å². The van der Waals surface area contributed by atoms with Gasteiger partial charge in [0.2, 0.25) is 5.91 Å². The van der Waals surface area contributed by atoms with Crippen LogP contribution in [0.15, 0.2) is 0 Å². The molecule has 23 heavy (non-hydrogen) atoms. The maximum atomic E-state index is 12.3. The molecule has 3 rings (SSSR count). The number of carbonyl (C=O) groups excluding carboxylic acids is 2. The van der Waals surface area contributed by atoms with E-state index in [1.807, 2.05) is 13.8 Å². The van der Waals surface area contributed by atoms with Gasteiger partial charge in [-0.25, -0.2) is 9.67 Å². The fraction of sp³-hybridized carbons (Fsp3) is 0.500. The molecule has 1 aliphatic rings. The van der Waals surface area contributed by atoms with E-state index in [-0.39, 0.29) is 24.4 Å². The molecular weight excluding hydrogens is 316 g/mol. The Labute approximate surface area is 137 Å². The summed E-state index contributed by atoms with van der Waals surface area (Å²) in [6.45, 7) is 6.21. The zero-order valence-electron chi connectivity index (χ0n) is 13.5. The van der Waals surface area contributed by atoms with Gasteiger partial charge in [-0.1, -0.05) is 5.21 Å². The van der Waals surface area contributed by atoms with E-state index < -0.39 is 0 Å². The second-order valence-corrected chi connectivity index (χ2v) is 6.83. The van der Waals surface area contributed by atoms with Gasteiger partial charge in [0.1, 0.15) is 16.6 Å². The average molecular weight is 334 g/mol. The molecule has 122 valence electrons. The van der Waals surface area contributed by atoms with E-state index in [9.17, 15) is 9.59 Å². The van der Waals surface area contributed by atoms with E-state index in [1.54, 1.807) is 23.6 Å². The van der Waals surface area contributed by atoms with Gasteiger partial charge in [0, 0.05) is 7.05 Å². The molecule has 9 heteroatoms. The van der Waals surface area contributed by atoms with Crippen LogP contribution >= 0.6 is 11.3 Å². The number of nitrogens with zero attached hydrogens (tertiary/aromatic N) is 5. The summed E-state index contributed by atoms with van der Waals surface area (Å²) < 4.78 is 1.63. The summed E-state index contributed by atoms with van der Waals surface area (Å²) in [4.78, 5) is 30.7. The molecule has 2 aromatic rings. The summed E-state index contributed by atoms with van der Waals surface area (Å²) in [6, 6.07) is -0.368. The van der Waals surface area contributed by atoms with Crippen molar-refractivity contribution in [2.75, 3.05) is 7.05 Å². The summed E-state index contributed by atoms with van der Waals surface area (Å²) in [5, 5.41) is 11.9. The van der Waals surface area contributed by atoms with E-state index in [0.717, 1.165) is 16.4 Å². The molecule has 3 heterocycles. The number of fused-ring (bicyclic) bond motifs is 1. The Bertz CT molecular complexity index is 780. The molecule has 0 saturated heterocycles. The van der Waals surface area contributed by atoms with E-state index in [1.165, 1.54) is 11.3 Å². The zero-order valence-corrected chi connectivity index (χ0v) is 14.3. The number of hydrogen-bond acceptors (Lipinski definition) is 6. The first-order valence-corrected chi connectivity index (χ1v) is 8.10. The fourth-order valence-corrected chi connectivity index (χ4v) is 3.51. The van der Waals surface area contributed by atoms with E-state index >= 15 is 0 Å². The van der Waals surface area contributed by atoms with Crippen molar-refractivity contribution in [3.05, 3.63) is 27.0 Å². The number of aryl methyl sites for hydroxylation is 2. The molecule has 0 radical (unpaired) electrons. The molecule has 1 N–H and O–H groups in total. The van der Waals surface area contributed by atoms with E-state index in [2.05, 4.69) is 20.6 Å². The van der Waals surface area contributed by atoms with Gasteiger partial charge < -0.3 is 10.2 Å². The van der Waals surface area contributed by atoms with Crippen molar-refractivity contribution < 1.29 is 9.59 Å². The average Bonchev–Trinajstić information content (AvgIpc) is 3.05. The van der Waals surface area contributed by atoms with Gasteiger partial charge in [0.25, 0.3) is 5.91 Å². The molecular formula is C14H18N6O2S. The summed E-state index contributed by atoms with van der Waals surface area (Å²) in [6.07, 6.45) is 0. The summed E-state index contributed by atoms with van der Waals surface area (Å²) in [5.74, 6) is -0.156. The summed E-state index contributed by atoms with van der Waals surface area (Å²) in [5.41, 5.74) is 2.27. The van der Waals surface area contributed by atoms with Crippen LogP contribution in [-0.4, -0.2) is 43.7 Å². The predicted octanol–water partition coefficient (Wildman–Crippen LogP) is 0.814. The lowest BCUT2D eigenvalue weighted by atomic mass is 10.2.